The molecule has 3 N–H and O–H groups in total. The van der Waals surface area contributed by atoms with E-state index in [0.717, 1.165) is 43.8 Å². The first-order valence-corrected chi connectivity index (χ1v) is 9.81. The molecule has 2 aromatic rings. The van der Waals surface area contributed by atoms with E-state index in [1.54, 1.807) is 0 Å². The number of nitrogens with two attached hydrogens (primary N) is 1. The summed E-state index contributed by atoms with van der Waals surface area (Å²) in [4.78, 5) is 7.23. The highest BCUT2D eigenvalue weighted by Gasteiger charge is 2.31. The SMILES string of the molecule is CC1Oc2ccccc2C1N=C(N)NC1CCN(Cc2ccccc2)CC1. The molecule has 2 aromatic carbocycles. The van der Waals surface area contributed by atoms with Crippen LogP contribution < -0.4 is 15.8 Å². The predicted octanol–water partition coefficient (Wildman–Crippen LogP) is 3.08. The van der Waals surface area contributed by atoms with Crippen molar-refractivity contribution in [3.05, 3.63) is 65.7 Å². The van der Waals surface area contributed by atoms with Crippen LogP contribution in [0, 0.1) is 0 Å². The molecule has 2 heterocycles. The van der Waals surface area contributed by atoms with Crippen LogP contribution >= 0.6 is 0 Å². The van der Waals surface area contributed by atoms with E-state index in [0.29, 0.717) is 12.0 Å². The van der Waals surface area contributed by atoms with E-state index in [1.165, 1.54) is 5.56 Å². The number of piperidine rings is 1. The zero-order chi connectivity index (χ0) is 18.6. The van der Waals surface area contributed by atoms with Crippen LogP contribution in [0.3, 0.4) is 0 Å². The highest BCUT2D eigenvalue weighted by molar-refractivity contribution is 5.78. The summed E-state index contributed by atoms with van der Waals surface area (Å²) < 4.78 is 5.88. The first-order chi connectivity index (χ1) is 13.2. The number of aliphatic imine (C=N–C) groups is 1. The molecule has 0 saturated carbocycles. The Kier molecular flexibility index (Phi) is 5.30. The molecule has 27 heavy (non-hydrogen) atoms. The van der Waals surface area contributed by atoms with E-state index < -0.39 is 0 Å². The molecule has 1 fully saturated rings. The highest BCUT2D eigenvalue weighted by atomic mass is 16.5. The van der Waals surface area contributed by atoms with Gasteiger partial charge in [-0.1, -0.05) is 48.5 Å². The average Bonchev–Trinajstić information content (AvgIpc) is 2.99. The number of hydrogen-bond donors (Lipinski definition) is 2. The molecule has 1 saturated heterocycles. The standard InChI is InChI=1S/C22H28N4O/c1-16-21(19-9-5-6-10-20(19)27-16)25-22(23)24-18-11-13-26(14-12-18)15-17-7-3-2-4-8-17/h2-10,16,18,21H,11-15H2,1H3,(H3,23,24,25). The quantitative estimate of drug-likeness (QED) is 0.646. The minimum atomic E-state index is -0.0353. The molecule has 0 radical (unpaired) electrons. The van der Waals surface area contributed by atoms with Gasteiger partial charge in [-0.15, -0.1) is 0 Å². The van der Waals surface area contributed by atoms with Gasteiger partial charge in [0.15, 0.2) is 5.96 Å². The Bertz CT molecular complexity index is 784. The summed E-state index contributed by atoms with van der Waals surface area (Å²) in [6, 6.07) is 19.1. The molecular weight excluding hydrogens is 336 g/mol. The molecule has 142 valence electrons. The average molecular weight is 364 g/mol. The van der Waals surface area contributed by atoms with Gasteiger partial charge in [-0.2, -0.15) is 0 Å². The Hall–Kier alpha value is -2.53. The van der Waals surface area contributed by atoms with Crippen LogP contribution in [0.5, 0.6) is 5.75 Å². The number of nitrogens with zero attached hydrogens (tertiary/aromatic N) is 2. The van der Waals surface area contributed by atoms with Gasteiger partial charge >= 0.3 is 0 Å². The molecule has 2 unspecified atom stereocenters. The molecule has 5 nitrogen and oxygen atoms in total. The summed E-state index contributed by atoms with van der Waals surface area (Å²) in [5.74, 6) is 1.44. The third kappa shape index (κ3) is 4.25. The third-order valence-corrected chi connectivity index (χ3v) is 5.46. The number of rotatable bonds is 4. The zero-order valence-corrected chi connectivity index (χ0v) is 15.8. The van der Waals surface area contributed by atoms with Crippen molar-refractivity contribution >= 4 is 5.96 Å². The van der Waals surface area contributed by atoms with Crippen molar-refractivity contribution in [3.63, 3.8) is 0 Å². The van der Waals surface area contributed by atoms with E-state index in [4.69, 9.17) is 15.5 Å². The monoisotopic (exact) mass is 364 g/mol. The van der Waals surface area contributed by atoms with E-state index in [-0.39, 0.29) is 12.1 Å². The Morgan fingerprint density at radius 3 is 2.59 bits per heavy atom. The summed E-state index contributed by atoms with van der Waals surface area (Å²) >= 11 is 0. The van der Waals surface area contributed by atoms with Crippen molar-refractivity contribution in [2.75, 3.05) is 13.1 Å². The van der Waals surface area contributed by atoms with Crippen molar-refractivity contribution in [2.24, 2.45) is 10.7 Å². The van der Waals surface area contributed by atoms with E-state index in [1.807, 2.05) is 25.1 Å². The number of likely N-dealkylation sites (tertiary alicyclic amines) is 1. The fourth-order valence-electron chi connectivity index (χ4n) is 4.00. The van der Waals surface area contributed by atoms with Crippen LogP contribution in [0.4, 0.5) is 0 Å². The molecule has 0 aliphatic carbocycles. The van der Waals surface area contributed by atoms with Crippen LogP contribution in [0.15, 0.2) is 59.6 Å². The second-order valence-electron chi connectivity index (χ2n) is 7.50. The van der Waals surface area contributed by atoms with Crippen LogP contribution in [0.25, 0.3) is 0 Å². The minimum absolute atomic E-state index is 0.00969. The second-order valence-corrected chi connectivity index (χ2v) is 7.50. The third-order valence-electron chi connectivity index (χ3n) is 5.46. The van der Waals surface area contributed by atoms with Crippen LogP contribution in [-0.2, 0) is 6.54 Å². The van der Waals surface area contributed by atoms with Crippen LogP contribution in [0.1, 0.15) is 36.9 Å². The van der Waals surface area contributed by atoms with Crippen molar-refractivity contribution in [3.8, 4) is 5.75 Å². The normalized spacial score (nSPS) is 23.7. The van der Waals surface area contributed by atoms with E-state index >= 15 is 0 Å². The summed E-state index contributed by atoms with van der Waals surface area (Å²) in [6.07, 6.45) is 2.17. The molecule has 2 atom stereocenters. The largest absolute Gasteiger partial charge is 0.488 e. The lowest BCUT2D eigenvalue weighted by molar-refractivity contribution is 0.198. The Balaban J connectivity index is 1.31. The lowest BCUT2D eigenvalue weighted by atomic mass is 10.0. The summed E-state index contributed by atoms with van der Waals surface area (Å²) in [5, 5.41) is 3.43. The number of fused-ring (bicyclic) bond motifs is 1. The lowest BCUT2D eigenvalue weighted by Crippen LogP contribution is -2.47. The highest BCUT2D eigenvalue weighted by Crippen LogP contribution is 2.38. The summed E-state index contributed by atoms with van der Waals surface area (Å²) in [5.41, 5.74) is 8.72. The van der Waals surface area contributed by atoms with Crippen molar-refractivity contribution in [1.29, 1.82) is 0 Å². The molecule has 0 aromatic heterocycles. The van der Waals surface area contributed by atoms with Crippen LogP contribution in [-0.4, -0.2) is 36.1 Å². The van der Waals surface area contributed by atoms with Gasteiger partial charge in [0.05, 0.1) is 0 Å². The maximum absolute atomic E-state index is 6.23. The van der Waals surface area contributed by atoms with Crippen molar-refractivity contribution < 1.29 is 4.74 Å². The Morgan fingerprint density at radius 1 is 1.11 bits per heavy atom. The molecule has 0 spiro atoms. The van der Waals surface area contributed by atoms with Gasteiger partial charge in [0.25, 0.3) is 0 Å². The van der Waals surface area contributed by atoms with Crippen LogP contribution in [0.2, 0.25) is 0 Å². The van der Waals surface area contributed by atoms with Crippen molar-refractivity contribution in [1.82, 2.24) is 10.2 Å². The maximum Gasteiger partial charge on any atom is 0.189 e. The van der Waals surface area contributed by atoms with Gasteiger partial charge in [-0.25, -0.2) is 4.99 Å². The minimum Gasteiger partial charge on any atom is -0.488 e. The molecule has 0 amide bonds. The smallest absolute Gasteiger partial charge is 0.189 e. The maximum atomic E-state index is 6.23. The number of benzene rings is 2. The molecule has 4 rings (SSSR count). The fourth-order valence-corrected chi connectivity index (χ4v) is 4.00. The van der Waals surface area contributed by atoms with Gasteiger partial charge in [0.2, 0.25) is 0 Å². The predicted molar refractivity (Wildman–Crippen MR) is 109 cm³/mol. The number of nitrogens with one attached hydrogen (secondary N) is 1. The molecule has 0 bridgehead atoms. The van der Waals surface area contributed by atoms with Gasteiger partial charge in [0, 0.05) is 31.2 Å². The Labute approximate surface area is 161 Å². The van der Waals surface area contributed by atoms with Crippen molar-refractivity contribution in [2.45, 2.75) is 44.5 Å². The van der Waals surface area contributed by atoms with Gasteiger partial charge in [-0.3, -0.25) is 4.90 Å². The topological polar surface area (TPSA) is 62.9 Å². The molecule has 2 aliphatic rings. The number of guanidine groups is 1. The van der Waals surface area contributed by atoms with Gasteiger partial charge in [-0.05, 0) is 31.4 Å². The molecular formula is C22H28N4O. The van der Waals surface area contributed by atoms with Gasteiger partial charge in [0.1, 0.15) is 17.9 Å². The lowest BCUT2D eigenvalue weighted by Gasteiger charge is -2.32. The zero-order valence-electron chi connectivity index (χ0n) is 15.8. The molecule has 5 heteroatoms. The Morgan fingerprint density at radius 2 is 1.81 bits per heavy atom. The first kappa shape index (κ1) is 17.9. The number of hydrogen-bond acceptors (Lipinski definition) is 3. The first-order valence-electron chi connectivity index (χ1n) is 9.81. The summed E-state index contributed by atoms with van der Waals surface area (Å²) in [7, 11) is 0. The molecule has 2 aliphatic heterocycles. The van der Waals surface area contributed by atoms with Gasteiger partial charge < -0.3 is 15.8 Å². The van der Waals surface area contributed by atoms with E-state index in [9.17, 15) is 0 Å². The number of para-hydroxylation sites is 1. The summed E-state index contributed by atoms with van der Waals surface area (Å²) in [6.45, 7) is 5.21. The second kappa shape index (κ2) is 8.01. The number of ether oxygens (including phenoxy) is 1. The van der Waals surface area contributed by atoms with E-state index in [2.05, 4.69) is 46.6 Å². The fraction of sp³-hybridized carbons (Fsp3) is 0.409.